The number of hydrogen-bond donors (Lipinski definition) is 1. The zero-order chi connectivity index (χ0) is 17.0. The van der Waals surface area contributed by atoms with Crippen molar-refractivity contribution in [3.63, 3.8) is 0 Å². The van der Waals surface area contributed by atoms with E-state index in [0.717, 1.165) is 5.56 Å². The first kappa shape index (κ1) is 17.7. The van der Waals surface area contributed by atoms with Crippen molar-refractivity contribution in [1.82, 2.24) is 0 Å². The lowest BCUT2D eigenvalue weighted by molar-refractivity contribution is 0.230. The van der Waals surface area contributed by atoms with Crippen LogP contribution in [-0.4, -0.2) is 13.2 Å². The first-order chi connectivity index (χ1) is 10.9. The number of halogens is 3. The summed E-state index contributed by atoms with van der Waals surface area (Å²) in [6, 6.07) is 8.13. The molecule has 124 valence electrons. The molecule has 0 amide bonds. The Bertz CT molecular complexity index is 693. The minimum Gasteiger partial charge on any atom is -0.493 e. The Labute approximate surface area is 145 Å². The highest BCUT2D eigenvalue weighted by atomic mass is 35.5. The van der Waals surface area contributed by atoms with Gasteiger partial charge in [-0.2, -0.15) is 0 Å². The molecule has 2 rings (SSSR count). The molecule has 0 aliphatic rings. The Morgan fingerprint density at radius 3 is 2.48 bits per heavy atom. The minimum atomic E-state index is -0.447. The Morgan fingerprint density at radius 1 is 1.13 bits per heavy atom. The molecule has 6 heteroatoms. The molecule has 0 aliphatic heterocycles. The van der Waals surface area contributed by atoms with Gasteiger partial charge in [0.2, 0.25) is 0 Å². The molecule has 0 saturated heterocycles. The molecule has 0 aliphatic carbocycles. The molecule has 0 fully saturated rings. The van der Waals surface area contributed by atoms with E-state index in [2.05, 4.69) is 5.32 Å². The zero-order valence-electron chi connectivity index (χ0n) is 13.1. The summed E-state index contributed by atoms with van der Waals surface area (Å²) in [5, 5.41) is 3.72. The minimum absolute atomic E-state index is 0.00766. The van der Waals surface area contributed by atoms with Gasteiger partial charge in [0.15, 0.2) is 11.5 Å². The average Bonchev–Trinajstić information content (AvgIpc) is 2.50. The normalized spacial score (nSPS) is 10.7. The molecule has 0 bridgehead atoms. The van der Waals surface area contributed by atoms with E-state index in [9.17, 15) is 4.39 Å². The molecule has 0 aromatic heterocycles. The van der Waals surface area contributed by atoms with Gasteiger partial charge >= 0.3 is 0 Å². The summed E-state index contributed by atoms with van der Waals surface area (Å²) in [5.41, 5.74) is 1.62. The first-order valence-electron chi connectivity index (χ1n) is 7.12. The molecule has 0 saturated carbocycles. The van der Waals surface area contributed by atoms with Gasteiger partial charge in [-0.1, -0.05) is 23.2 Å². The maximum absolute atomic E-state index is 13.2. The van der Waals surface area contributed by atoms with Gasteiger partial charge in [-0.15, -0.1) is 0 Å². The second-order valence-electron chi connectivity index (χ2n) is 5.26. The number of hydrogen-bond acceptors (Lipinski definition) is 3. The standard InChI is InChI=1S/C17H18Cl2FNO2/c1-10(2)23-17-14(19)6-11(7-16(17)22-3)9-21-12-4-5-15(20)13(18)8-12/h4-8,10,21H,9H2,1-3H3. The molecule has 23 heavy (non-hydrogen) atoms. The predicted octanol–water partition coefficient (Wildman–Crippen LogP) is 5.54. The SMILES string of the molecule is COc1cc(CNc2ccc(F)c(Cl)c2)cc(Cl)c1OC(C)C. The van der Waals surface area contributed by atoms with Gasteiger partial charge < -0.3 is 14.8 Å². The fourth-order valence-electron chi connectivity index (χ4n) is 2.04. The van der Waals surface area contributed by atoms with E-state index >= 15 is 0 Å². The van der Waals surface area contributed by atoms with Crippen LogP contribution in [0.3, 0.4) is 0 Å². The smallest absolute Gasteiger partial charge is 0.180 e. The second-order valence-corrected chi connectivity index (χ2v) is 6.07. The highest BCUT2D eigenvalue weighted by Gasteiger charge is 2.13. The van der Waals surface area contributed by atoms with Crippen molar-refractivity contribution in [2.45, 2.75) is 26.5 Å². The van der Waals surface area contributed by atoms with Crippen molar-refractivity contribution < 1.29 is 13.9 Å². The molecular formula is C17H18Cl2FNO2. The Morgan fingerprint density at radius 2 is 1.87 bits per heavy atom. The monoisotopic (exact) mass is 357 g/mol. The van der Waals surface area contributed by atoms with Gasteiger partial charge in [0, 0.05) is 12.2 Å². The lowest BCUT2D eigenvalue weighted by Crippen LogP contribution is -2.08. The van der Waals surface area contributed by atoms with Crippen LogP contribution in [0.5, 0.6) is 11.5 Å². The number of benzene rings is 2. The van der Waals surface area contributed by atoms with Crippen molar-refractivity contribution in [2.24, 2.45) is 0 Å². The number of nitrogens with one attached hydrogen (secondary N) is 1. The Hall–Kier alpha value is -1.65. The van der Waals surface area contributed by atoms with Gasteiger partial charge in [0.1, 0.15) is 5.82 Å². The van der Waals surface area contributed by atoms with Gasteiger partial charge in [0.25, 0.3) is 0 Å². The summed E-state index contributed by atoms with van der Waals surface area (Å²) in [4.78, 5) is 0. The highest BCUT2D eigenvalue weighted by molar-refractivity contribution is 6.32. The zero-order valence-corrected chi connectivity index (χ0v) is 14.6. The summed E-state index contributed by atoms with van der Waals surface area (Å²) in [6.07, 6.45) is -0.00766. The van der Waals surface area contributed by atoms with Crippen LogP contribution in [0, 0.1) is 5.82 Å². The third-order valence-corrected chi connectivity index (χ3v) is 3.63. The van der Waals surface area contributed by atoms with Crippen LogP contribution in [0.15, 0.2) is 30.3 Å². The van der Waals surface area contributed by atoms with Crippen molar-refractivity contribution in [2.75, 3.05) is 12.4 Å². The van der Waals surface area contributed by atoms with E-state index in [1.165, 1.54) is 12.1 Å². The quantitative estimate of drug-likeness (QED) is 0.735. The van der Waals surface area contributed by atoms with Crippen LogP contribution in [-0.2, 0) is 6.54 Å². The molecule has 0 radical (unpaired) electrons. The third-order valence-electron chi connectivity index (χ3n) is 3.06. The predicted molar refractivity (Wildman–Crippen MR) is 92.5 cm³/mol. The van der Waals surface area contributed by atoms with Gasteiger partial charge in [-0.3, -0.25) is 0 Å². The summed E-state index contributed by atoms with van der Waals surface area (Å²) in [5.74, 6) is 0.648. The molecule has 0 spiro atoms. The van der Waals surface area contributed by atoms with Crippen LogP contribution in [0.25, 0.3) is 0 Å². The second kappa shape index (κ2) is 7.75. The molecule has 2 aromatic rings. The molecule has 0 unspecified atom stereocenters. The highest BCUT2D eigenvalue weighted by Crippen LogP contribution is 2.37. The number of anilines is 1. The van der Waals surface area contributed by atoms with Crippen molar-refractivity contribution in [3.8, 4) is 11.5 Å². The van der Waals surface area contributed by atoms with Crippen LogP contribution in [0.1, 0.15) is 19.4 Å². The summed E-state index contributed by atoms with van der Waals surface area (Å²) in [6.45, 7) is 4.33. The van der Waals surface area contributed by atoms with Crippen molar-refractivity contribution in [1.29, 1.82) is 0 Å². The first-order valence-corrected chi connectivity index (χ1v) is 7.88. The number of ether oxygens (including phenoxy) is 2. The van der Waals surface area contributed by atoms with E-state index in [1.807, 2.05) is 19.9 Å². The number of methoxy groups -OCH3 is 1. The summed E-state index contributed by atoms with van der Waals surface area (Å²) < 4.78 is 24.2. The van der Waals surface area contributed by atoms with Gasteiger partial charge in [-0.05, 0) is 49.7 Å². The van der Waals surface area contributed by atoms with Crippen LogP contribution in [0.4, 0.5) is 10.1 Å². The largest absolute Gasteiger partial charge is 0.493 e. The van der Waals surface area contributed by atoms with Crippen LogP contribution >= 0.6 is 23.2 Å². The molecular weight excluding hydrogens is 340 g/mol. The van der Waals surface area contributed by atoms with Crippen molar-refractivity contribution in [3.05, 3.63) is 51.8 Å². The lowest BCUT2D eigenvalue weighted by Gasteiger charge is -2.17. The maximum Gasteiger partial charge on any atom is 0.180 e. The number of rotatable bonds is 6. The van der Waals surface area contributed by atoms with E-state index in [0.29, 0.717) is 28.8 Å². The van der Waals surface area contributed by atoms with E-state index < -0.39 is 5.82 Å². The topological polar surface area (TPSA) is 30.5 Å². The molecule has 0 heterocycles. The maximum atomic E-state index is 13.2. The van der Waals surface area contributed by atoms with E-state index in [4.69, 9.17) is 32.7 Å². The molecule has 0 atom stereocenters. The summed E-state index contributed by atoms with van der Waals surface area (Å²) in [7, 11) is 1.57. The van der Waals surface area contributed by atoms with E-state index in [1.54, 1.807) is 19.2 Å². The molecule has 2 aromatic carbocycles. The molecule has 1 N–H and O–H groups in total. The van der Waals surface area contributed by atoms with Crippen LogP contribution in [0.2, 0.25) is 10.0 Å². The fraction of sp³-hybridized carbons (Fsp3) is 0.294. The third kappa shape index (κ3) is 4.66. The Balaban J connectivity index is 2.16. The van der Waals surface area contributed by atoms with Gasteiger partial charge in [-0.25, -0.2) is 4.39 Å². The molecule has 3 nitrogen and oxygen atoms in total. The van der Waals surface area contributed by atoms with Crippen molar-refractivity contribution >= 4 is 28.9 Å². The Kier molecular flexibility index (Phi) is 5.97. The van der Waals surface area contributed by atoms with Gasteiger partial charge in [0.05, 0.1) is 23.3 Å². The lowest BCUT2D eigenvalue weighted by atomic mass is 10.2. The average molecular weight is 358 g/mol. The summed E-state index contributed by atoms with van der Waals surface area (Å²) >= 11 is 12.0. The fourth-order valence-corrected chi connectivity index (χ4v) is 2.49. The van der Waals surface area contributed by atoms with E-state index in [-0.39, 0.29) is 11.1 Å². The van der Waals surface area contributed by atoms with Crippen LogP contribution < -0.4 is 14.8 Å².